The van der Waals surface area contributed by atoms with Crippen LogP contribution in [0.5, 0.6) is 0 Å². The summed E-state index contributed by atoms with van der Waals surface area (Å²) in [5.41, 5.74) is 1.20. The Morgan fingerprint density at radius 1 is 1.50 bits per heavy atom. The predicted octanol–water partition coefficient (Wildman–Crippen LogP) is 1.92. The molecule has 64 valence electrons. The van der Waals surface area contributed by atoms with Gasteiger partial charge in [-0.1, -0.05) is 18.2 Å². The van der Waals surface area contributed by atoms with Crippen molar-refractivity contribution in [1.29, 1.82) is 0 Å². The maximum atomic E-state index is 5.57. The molecule has 1 aromatic rings. The van der Waals surface area contributed by atoms with Crippen molar-refractivity contribution in [1.82, 2.24) is 10.3 Å². The lowest BCUT2D eigenvalue weighted by Gasteiger charge is -2.01. The highest BCUT2D eigenvalue weighted by atomic mass is 35.5. The van der Waals surface area contributed by atoms with E-state index in [1.807, 2.05) is 12.1 Å². The zero-order valence-corrected chi connectivity index (χ0v) is 7.51. The second-order valence-electron chi connectivity index (χ2n) is 2.48. The van der Waals surface area contributed by atoms with Crippen LogP contribution in [0.2, 0.25) is 0 Å². The van der Waals surface area contributed by atoms with E-state index in [-0.39, 0.29) is 0 Å². The lowest BCUT2D eigenvalue weighted by molar-refractivity contribution is 0.754. The maximum Gasteiger partial charge on any atom is 0.0310 e. The SMILES string of the molecule is C=C(Cl)CNCc1ccncc1. The summed E-state index contributed by atoms with van der Waals surface area (Å²) >= 11 is 5.57. The predicted molar refractivity (Wildman–Crippen MR) is 50.9 cm³/mol. The molecule has 0 aliphatic rings. The van der Waals surface area contributed by atoms with E-state index in [0.717, 1.165) is 6.54 Å². The number of aromatic nitrogens is 1. The fraction of sp³-hybridized carbons (Fsp3) is 0.222. The largest absolute Gasteiger partial charge is 0.308 e. The van der Waals surface area contributed by atoms with E-state index < -0.39 is 0 Å². The molecule has 1 rings (SSSR count). The third kappa shape index (κ3) is 3.51. The van der Waals surface area contributed by atoms with Crippen LogP contribution in [0.15, 0.2) is 36.1 Å². The summed E-state index contributed by atoms with van der Waals surface area (Å²) in [6.45, 7) is 5.02. The molecule has 0 spiro atoms. The molecule has 0 radical (unpaired) electrons. The van der Waals surface area contributed by atoms with Gasteiger partial charge in [-0.2, -0.15) is 0 Å². The quantitative estimate of drug-likeness (QED) is 0.770. The number of halogens is 1. The highest BCUT2D eigenvalue weighted by Gasteiger charge is 1.90. The highest BCUT2D eigenvalue weighted by molar-refractivity contribution is 6.29. The fourth-order valence-corrected chi connectivity index (χ4v) is 0.938. The molecule has 0 aliphatic heterocycles. The number of pyridine rings is 1. The average Bonchev–Trinajstić information content (AvgIpc) is 2.05. The van der Waals surface area contributed by atoms with Gasteiger partial charge >= 0.3 is 0 Å². The summed E-state index contributed by atoms with van der Waals surface area (Å²) in [5, 5.41) is 3.77. The van der Waals surface area contributed by atoms with Gasteiger partial charge in [-0.05, 0) is 17.7 Å². The Kier molecular flexibility index (Phi) is 3.77. The van der Waals surface area contributed by atoms with Crippen molar-refractivity contribution in [2.24, 2.45) is 0 Å². The number of rotatable bonds is 4. The van der Waals surface area contributed by atoms with E-state index in [2.05, 4.69) is 16.9 Å². The van der Waals surface area contributed by atoms with E-state index in [0.29, 0.717) is 11.6 Å². The van der Waals surface area contributed by atoms with Crippen molar-refractivity contribution < 1.29 is 0 Å². The topological polar surface area (TPSA) is 24.9 Å². The van der Waals surface area contributed by atoms with Crippen molar-refractivity contribution in [3.63, 3.8) is 0 Å². The van der Waals surface area contributed by atoms with Crippen LogP contribution in [0.4, 0.5) is 0 Å². The second-order valence-corrected chi connectivity index (χ2v) is 3.01. The van der Waals surface area contributed by atoms with E-state index in [1.54, 1.807) is 12.4 Å². The molecule has 0 unspecified atom stereocenters. The van der Waals surface area contributed by atoms with E-state index in [9.17, 15) is 0 Å². The van der Waals surface area contributed by atoms with Gasteiger partial charge in [0.2, 0.25) is 0 Å². The third-order valence-electron chi connectivity index (χ3n) is 1.40. The highest BCUT2D eigenvalue weighted by Crippen LogP contribution is 1.97. The molecule has 1 aromatic heterocycles. The molecular weight excluding hydrogens is 172 g/mol. The Morgan fingerprint density at radius 3 is 2.75 bits per heavy atom. The van der Waals surface area contributed by atoms with Crippen LogP contribution in [0.3, 0.4) is 0 Å². The summed E-state index contributed by atoms with van der Waals surface area (Å²) in [5.74, 6) is 0. The first-order valence-electron chi connectivity index (χ1n) is 3.72. The Balaban J connectivity index is 2.29. The molecule has 1 N–H and O–H groups in total. The zero-order valence-electron chi connectivity index (χ0n) is 6.76. The Hall–Kier alpha value is -0.860. The second kappa shape index (κ2) is 4.91. The minimum Gasteiger partial charge on any atom is -0.308 e. The Bertz CT molecular complexity index is 246. The first-order valence-corrected chi connectivity index (χ1v) is 4.10. The summed E-state index contributed by atoms with van der Waals surface area (Å²) in [6.07, 6.45) is 3.54. The molecule has 0 aromatic carbocycles. The van der Waals surface area contributed by atoms with Crippen molar-refractivity contribution >= 4 is 11.6 Å². The van der Waals surface area contributed by atoms with Gasteiger partial charge in [-0.3, -0.25) is 4.98 Å². The molecule has 12 heavy (non-hydrogen) atoms. The lowest BCUT2D eigenvalue weighted by atomic mass is 10.3. The maximum absolute atomic E-state index is 5.57. The lowest BCUT2D eigenvalue weighted by Crippen LogP contribution is -2.14. The van der Waals surface area contributed by atoms with Crippen LogP contribution in [-0.4, -0.2) is 11.5 Å². The number of nitrogens with one attached hydrogen (secondary N) is 1. The fourth-order valence-electron chi connectivity index (χ4n) is 0.843. The van der Waals surface area contributed by atoms with Crippen molar-refractivity contribution in [2.45, 2.75) is 6.54 Å². The van der Waals surface area contributed by atoms with Gasteiger partial charge in [-0.25, -0.2) is 0 Å². The molecule has 3 heteroatoms. The normalized spacial score (nSPS) is 9.75. The average molecular weight is 183 g/mol. The molecular formula is C9H11ClN2. The van der Waals surface area contributed by atoms with Gasteiger partial charge in [0.05, 0.1) is 0 Å². The van der Waals surface area contributed by atoms with E-state index in [1.165, 1.54) is 5.56 Å². The minimum absolute atomic E-state index is 0.629. The first-order chi connectivity index (χ1) is 5.79. The van der Waals surface area contributed by atoms with Crippen LogP contribution < -0.4 is 5.32 Å². The van der Waals surface area contributed by atoms with Crippen LogP contribution in [-0.2, 0) is 6.54 Å². The Morgan fingerprint density at radius 2 is 2.17 bits per heavy atom. The molecule has 0 atom stereocenters. The molecule has 2 nitrogen and oxygen atoms in total. The van der Waals surface area contributed by atoms with Gasteiger partial charge < -0.3 is 5.32 Å². The number of hydrogen-bond acceptors (Lipinski definition) is 2. The van der Waals surface area contributed by atoms with Crippen LogP contribution in [0, 0.1) is 0 Å². The Labute approximate surface area is 77.3 Å². The van der Waals surface area contributed by atoms with Crippen LogP contribution >= 0.6 is 11.6 Å². The van der Waals surface area contributed by atoms with Crippen LogP contribution in [0.1, 0.15) is 5.56 Å². The van der Waals surface area contributed by atoms with E-state index >= 15 is 0 Å². The number of nitrogens with zero attached hydrogens (tertiary/aromatic N) is 1. The summed E-state index contributed by atoms with van der Waals surface area (Å²) < 4.78 is 0. The summed E-state index contributed by atoms with van der Waals surface area (Å²) in [6, 6.07) is 3.92. The van der Waals surface area contributed by atoms with Crippen molar-refractivity contribution in [2.75, 3.05) is 6.54 Å². The third-order valence-corrected chi connectivity index (χ3v) is 1.53. The smallest absolute Gasteiger partial charge is 0.0310 e. The van der Waals surface area contributed by atoms with Gasteiger partial charge in [0.25, 0.3) is 0 Å². The van der Waals surface area contributed by atoms with Gasteiger partial charge in [0, 0.05) is 30.5 Å². The van der Waals surface area contributed by atoms with Gasteiger partial charge in [0.15, 0.2) is 0 Å². The molecule has 1 heterocycles. The number of hydrogen-bond donors (Lipinski definition) is 1. The molecule has 0 bridgehead atoms. The molecule has 0 fully saturated rings. The van der Waals surface area contributed by atoms with E-state index in [4.69, 9.17) is 11.6 Å². The zero-order chi connectivity index (χ0) is 8.81. The monoisotopic (exact) mass is 182 g/mol. The summed E-state index contributed by atoms with van der Waals surface area (Å²) in [4.78, 5) is 3.92. The molecule has 0 saturated carbocycles. The molecule has 0 aliphatic carbocycles. The summed E-state index contributed by atoms with van der Waals surface area (Å²) in [7, 11) is 0. The standard InChI is InChI=1S/C9H11ClN2/c1-8(10)6-12-7-9-2-4-11-5-3-9/h2-5,12H,1,6-7H2. The van der Waals surface area contributed by atoms with Gasteiger partial charge in [-0.15, -0.1) is 0 Å². The van der Waals surface area contributed by atoms with Crippen molar-refractivity contribution in [3.05, 3.63) is 41.7 Å². The minimum atomic E-state index is 0.629. The van der Waals surface area contributed by atoms with Crippen LogP contribution in [0.25, 0.3) is 0 Å². The van der Waals surface area contributed by atoms with Gasteiger partial charge in [0.1, 0.15) is 0 Å². The molecule has 0 saturated heterocycles. The van der Waals surface area contributed by atoms with Crippen molar-refractivity contribution in [3.8, 4) is 0 Å². The molecule has 0 amide bonds. The first kappa shape index (κ1) is 9.23.